The second-order valence-corrected chi connectivity index (χ2v) is 2.28. The molecule has 0 aliphatic carbocycles. The van der Waals surface area contributed by atoms with Crippen molar-refractivity contribution < 1.29 is 33.4 Å². The molecule has 0 bridgehead atoms. The quantitative estimate of drug-likeness (QED) is 0.534. The van der Waals surface area contributed by atoms with Crippen LogP contribution in [-0.4, -0.2) is 0 Å². The van der Waals surface area contributed by atoms with Crippen LogP contribution in [0.2, 0.25) is 0 Å². The van der Waals surface area contributed by atoms with E-state index in [4.69, 9.17) is 4.42 Å². The van der Waals surface area contributed by atoms with Gasteiger partial charge in [-0.25, -0.2) is 0 Å². The van der Waals surface area contributed by atoms with Gasteiger partial charge in [0.15, 0.2) is 0 Å². The summed E-state index contributed by atoms with van der Waals surface area (Å²) in [6.07, 6.45) is 0. The molecule has 0 amide bonds. The monoisotopic (exact) mass is 261 g/mol. The van der Waals surface area contributed by atoms with E-state index in [1.165, 1.54) is 0 Å². The molecule has 0 unspecified atom stereocenters. The lowest BCUT2D eigenvalue weighted by molar-refractivity contribution is -0.365. The predicted molar refractivity (Wildman–Crippen MR) is 37.5 cm³/mol. The van der Waals surface area contributed by atoms with Gasteiger partial charge < -0.3 is 28.4 Å². The molecule has 0 saturated carbocycles. The van der Waals surface area contributed by atoms with E-state index in [-0.39, 0.29) is 24.0 Å². The predicted octanol–water partition coefficient (Wildman–Crippen LogP) is -1.44. The van der Waals surface area contributed by atoms with Crippen molar-refractivity contribution >= 4 is 11.1 Å². The Bertz CT molecular complexity index is 323. The minimum absolute atomic E-state index is 0. The third-order valence-corrected chi connectivity index (χ3v) is 1.46. The Morgan fingerprint density at radius 3 is 2.73 bits per heavy atom. The van der Waals surface area contributed by atoms with E-state index in [1.54, 1.807) is 0 Å². The van der Waals surface area contributed by atoms with Gasteiger partial charge in [0.05, 0.1) is 6.92 Å². The Morgan fingerprint density at radius 1 is 1.27 bits per heavy atom. The highest BCUT2D eigenvalue weighted by Gasteiger charge is 2.04. The Kier molecular flexibility index (Phi) is 2.49. The van der Waals surface area contributed by atoms with Crippen LogP contribution in [0.1, 0.15) is 5.89 Å². The maximum atomic E-state index is 5.31. The number of H-pyrrole nitrogens is 1. The SMILES string of the molecule is Cc1[nH+]c2ccccc2o1.[I-]. The Labute approximate surface area is 81.6 Å². The first-order valence-electron chi connectivity index (χ1n) is 3.24. The number of aryl methyl sites for hydroxylation is 1. The molecule has 0 radical (unpaired) electrons. The number of nitrogens with one attached hydrogen (secondary N) is 1. The molecule has 11 heavy (non-hydrogen) atoms. The number of oxazole rings is 1. The Balaban J connectivity index is 0.000000605. The second-order valence-electron chi connectivity index (χ2n) is 2.28. The highest BCUT2D eigenvalue weighted by molar-refractivity contribution is 5.67. The summed E-state index contributed by atoms with van der Waals surface area (Å²) in [6, 6.07) is 7.87. The third kappa shape index (κ3) is 1.53. The van der Waals surface area contributed by atoms with E-state index in [2.05, 4.69) is 4.98 Å². The fourth-order valence-corrected chi connectivity index (χ4v) is 1.04. The molecule has 1 aromatic heterocycles. The average molecular weight is 261 g/mol. The fourth-order valence-electron chi connectivity index (χ4n) is 1.04. The van der Waals surface area contributed by atoms with E-state index in [9.17, 15) is 0 Å². The van der Waals surface area contributed by atoms with Crippen LogP contribution in [0, 0.1) is 6.92 Å². The lowest BCUT2D eigenvalue weighted by atomic mass is 10.3. The molecule has 58 valence electrons. The first kappa shape index (κ1) is 8.52. The summed E-state index contributed by atoms with van der Waals surface area (Å²) < 4.78 is 5.31. The number of aromatic nitrogens is 1. The van der Waals surface area contributed by atoms with Crippen LogP contribution in [0.3, 0.4) is 0 Å². The molecule has 3 heteroatoms. The summed E-state index contributed by atoms with van der Waals surface area (Å²) in [5, 5.41) is 0. The van der Waals surface area contributed by atoms with Crippen molar-refractivity contribution in [1.29, 1.82) is 0 Å². The zero-order chi connectivity index (χ0) is 6.97. The third-order valence-electron chi connectivity index (χ3n) is 1.46. The number of halogens is 1. The zero-order valence-corrected chi connectivity index (χ0v) is 8.25. The molecule has 2 rings (SSSR count). The van der Waals surface area contributed by atoms with E-state index < -0.39 is 0 Å². The summed E-state index contributed by atoms with van der Waals surface area (Å²) in [4.78, 5) is 3.09. The number of para-hydroxylation sites is 2. The molecule has 0 aliphatic heterocycles. The van der Waals surface area contributed by atoms with Gasteiger partial charge in [-0.1, -0.05) is 12.1 Å². The van der Waals surface area contributed by atoms with E-state index in [0.29, 0.717) is 0 Å². The smallest absolute Gasteiger partial charge is 0.343 e. The molecule has 0 spiro atoms. The topological polar surface area (TPSA) is 27.3 Å². The number of hydrogen-bond donors (Lipinski definition) is 0. The highest BCUT2D eigenvalue weighted by atomic mass is 127. The summed E-state index contributed by atoms with van der Waals surface area (Å²) in [5.41, 5.74) is 1.97. The molecular formula is C8H8INO. The Hall–Kier alpha value is -0.580. The van der Waals surface area contributed by atoms with Gasteiger partial charge in [0.25, 0.3) is 0 Å². The number of benzene rings is 1. The van der Waals surface area contributed by atoms with Crippen LogP contribution in [0.4, 0.5) is 0 Å². The number of rotatable bonds is 0. The molecule has 1 heterocycles. The molecule has 1 N–H and O–H groups in total. The van der Waals surface area contributed by atoms with Crippen LogP contribution < -0.4 is 29.0 Å². The molecule has 2 aromatic rings. The fraction of sp³-hybridized carbons (Fsp3) is 0.125. The van der Waals surface area contributed by atoms with Crippen molar-refractivity contribution in [3.63, 3.8) is 0 Å². The minimum Gasteiger partial charge on any atom is -1.00 e. The normalized spacial score (nSPS) is 9.55. The zero-order valence-electron chi connectivity index (χ0n) is 6.10. The summed E-state index contributed by atoms with van der Waals surface area (Å²) in [5.74, 6) is 0.848. The molecule has 0 saturated heterocycles. The van der Waals surface area contributed by atoms with Crippen LogP contribution in [0.25, 0.3) is 11.1 Å². The minimum atomic E-state index is 0. The molecule has 2 nitrogen and oxygen atoms in total. The van der Waals surface area contributed by atoms with Crippen molar-refractivity contribution in [2.45, 2.75) is 6.92 Å². The molecule has 1 aromatic carbocycles. The van der Waals surface area contributed by atoms with Gasteiger partial charge in [-0.3, -0.25) is 0 Å². The molecule has 0 fully saturated rings. The maximum absolute atomic E-state index is 5.31. The van der Waals surface area contributed by atoms with Crippen molar-refractivity contribution in [3.05, 3.63) is 30.2 Å². The highest BCUT2D eigenvalue weighted by Crippen LogP contribution is 2.08. The van der Waals surface area contributed by atoms with Gasteiger partial charge in [0.2, 0.25) is 11.1 Å². The van der Waals surface area contributed by atoms with Crippen LogP contribution in [0.5, 0.6) is 0 Å². The van der Waals surface area contributed by atoms with Crippen molar-refractivity contribution in [1.82, 2.24) is 0 Å². The van der Waals surface area contributed by atoms with Gasteiger partial charge >= 0.3 is 5.89 Å². The van der Waals surface area contributed by atoms with Crippen LogP contribution >= 0.6 is 0 Å². The van der Waals surface area contributed by atoms with Gasteiger partial charge in [-0.2, -0.15) is 4.98 Å². The van der Waals surface area contributed by atoms with Crippen molar-refractivity contribution in [3.8, 4) is 0 Å². The maximum Gasteiger partial charge on any atom is 0.343 e. The summed E-state index contributed by atoms with van der Waals surface area (Å²) in [6.45, 7) is 1.90. The van der Waals surface area contributed by atoms with Crippen LogP contribution in [0.15, 0.2) is 28.7 Å². The van der Waals surface area contributed by atoms with E-state index in [1.807, 2.05) is 31.2 Å². The lowest BCUT2D eigenvalue weighted by Crippen LogP contribution is -3.00. The number of aromatic amines is 1. The molecular weight excluding hydrogens is 253 g/mol. The van der Waals surface area contributed by atoms with Gasteiger partial charge in [-0.15, -0.1) is 0 Å². The first-order valence-corrected chi connectivity index (χ1v) is 3.24. The first-order chi connectivity index (χ1) is 4.86. The largest absolute Gasteiger partial charge is 1.00 e. The molecule has 0 atom stereocenters. The second kappa shape index (κ2) is 3.21. The van der Waals surface area contributed by atoms with Gasteiger partial charge in [0.1, 0.15) is 0 Å². The van der Waals surface area contributed by atoms with Crippen molar-refractivity contribution in [2.75, 3.05) is 0 Å². The average Bonchev–Trinajstić information content (AvgIpc) is 2.27. The summed E-state index contributed by atoms with van der Waals surface area (Å²) in [7, 11) is 0. The molecule has 0 aliphatic rings. The van der Waals surface area contributed by atoms with E-state index in [0.717, 1.165) is 17.0 Å². The van der Waals surface area contributed by atoms with Gasteiger partial charge in [-0.05, 0) is 6.07 Å². The Morgan fingerprint density at radius 2 is 2.00 bits per heavy atom. The van der Waals surface area contributed by atoms with Crippen molar-refractivity contribution in [2.24, 2.45) is 0 Å². The van der Waals surface area contributed by atoms with E-state index >= 15 is 0 Å². The summed E-state index contributed by atoms with van der Waals surface area (Å²) >= 11 is 0. The number of hydrogen-bond acceptors (Lipinski definition) is 1. The number of fused-ring (bicyclic) bond motifs is 1. The standard InChI is InChI=1S/C8H7NO.HI/c1-6-9-7-4-2-3-5-8(7)10-6;/h2-5H,1H3;1H. The van der Waals surface area contributed by atoms with Crippen LogP contribution in [-0.2, 0) is 0 Å². The van der Waals surface area contributed by atoms with Gasteiger partial charge in [0, 0.05) is 6.07 Å². The lowest BCUT2D eigenvalue weighted by Gasteiger charge is -1.74.